The summed E-state index contributed by atoms with van der Waals surface area (Å²) in [5, 5.41) is 1.45. The van der Waals surface area contributed by atoms with Crippen LogP contribution in [0.25, 0.3) is 22.2 Å². The Balaban J connectivity index is 1.85. The molecule has 1 atom stereocenters. The number of nitrogens with zero attached hydrogens (tertiary/aromatic N) is 1. The molecule has 1 aliphatic carbocycles. The molecular formula is C23H25NO. The highest BCUT2D eigenvalue weighted by Crippen LogP contribution is 2.47. The quantitative estimate of drug-likeness (QED) is 0.522. The first-order chi connectivity index (χ1) is 12.3. The van der Waals surface area contributed by atoms with Crippen molar-refractivity contribution in [2.45, 2.75) is 57.6 Å². The third-order valence-corrected chi connectivity index (χ3v) is 5.93. The molecular weight excluding hydrogens is 306 g/mol. The number of benzene rings is 2. The molecule has 25 heavy (non-hydrogen) atoms. The van der Waals surface area contributed by atoms with E-state index in [0.717, 1.165) is 12.3 Å². The van der Waals surface area contributed by atoms with Crippen LogP contribution in [0.3, 0.4) is 0 Å². The van der Waals surface area contributed by atoms with Crippen LogP contribution in [-0.4, -0.2) is 10.7 Å². The first kappa shape index (κ1) is 15.1. The summed E-state index contributed by atoms with van der Waals surface area (Å²) in [6, 6.07) is 17.6. The predicted octanol–water partition coefficient (Wildman–Crippen LogP) is 6.14. The normalized spacial score (nSPS) is 20.6. The van der Waals surface area contributed by atoms with Gasteiger partial charge >= 0.3 is 0 Å². The second-order valence-electron chi connectivity index (χ2n) is 7.65. The summed E-state index contributed by atoms with van der Waals surface area (Å²) in [7, 11) is 0. The topological polar surface area (TPSA) is 14.2 Å². The first-order valence-corrected chi connectivity index (χ1v) is 9.70. The maximum Gasteiger partial charge on any atom is 0.129 e. The highest BCUT2D eigenvalue weighted by Gasteiger charge is 2.30. The van der Waals surface area contributed by atoms with Gasteiger partial charge in [-0.3, -0.25) is 0 Å². The molecule has 2 aliphatic rings. The lowest BCUT2D eigenvalue weighted by atomic mass is 9.82. The van der Waals surface area contributed by atoms with Gasteiger partial charge in [0.05, 0.1) is 12.2 Å². The maximum absolute atomic E-state index is 6.27. The SMILES string of the molecule is CC1Cn2c(c(C3CCCCC3)c3ccccc32)-c2ccccc2O1. The first-order valence-electron chi connectivity index (χ1n) is 9.70. The predicted molar refractivity (Wildman–Crippen MR) is 103 cm³/mol. The zero-order chi connectivity index (χ0) is 16.8. The molecule has 1 aromatic heterocycles. The smallest absolute Gasteiger partial charge is 0.129 e. The molecule has 1 aliphatic heterocycles. The van der Waals surface area contributed by atoms with Crippen LogP contribution in [0.1, 0.15) is 50.5 Å². The number of aromatic nitrogens is 1. The average Bonchev–Trinajstić information content (AvgIpc) is 2.88. The average molecular weight is 331 g/mol. The second-order valence-corrected chi connectivity index (χ2v) is 7.65. The van der Waals surface area contributed by atoms with Crippen molar-refractivity contribution in [1.29, 1.82) is 0 Å². The van der Waals surface area contributed by atoms with Crippen LogP contribution >= 0.6 is 0 Å². The van der Waals surface area contributed by atoms with Crippen LogP contribution in [0.2, 0.25) is 0 Å². The van der Waals surface area contributed by atoms with Gasteiger partial charge in [0.1, 0.15) is 11.9 Å². The molecule has 3 aromatic rings. The minimum absolute atomic E-state index is 0.178. The Morgan fingerprint density at radius 1 is 0.920 bits per heavy atom. The van der Waals surface area contributed by atoms with Crippen molar-refractivity contribution in [3.63, 3.8) is 0 Å². The molecule has 2 heterocycles. The zero-order valence-electron chi connectivity index (χ0n) is 14.9. The molecule has 0 radical (unpaired) electrons. The number of rotatable bonds is 1. The van der Waals surface area contributed by atoms with Gasteiger partial charge in [-0.2, -0.15) is 0 Å². The van der Waals surface area contributed by atoms with Gasteiger partial charge in [0.2, 0.25) is 0 Å². The molecule has 0 amide bonds. The van der Waals surface area contributed by atoms with Gasteiger partial charge in [-0.15, -0.1) is 0 Å². The summed E-state index contributed by atoms with van der Waals surface area (Å²) in [5.41, 5.74) is 5.61. The molecule has 2 heteroatoms. The van der Waals surface area contributed by atoms with E-state index in [0.29, 0.717) is 5.92 Å². The standard InChI is InChI=1S/C23H25NO/c1-16-15-24-20-13-7-5-11-18(20)22(17-9-3-2-4-10-17)23(24)19-12-6-8-14-21(19)25-16/h5-8,11-14,16-17H,2-4,9-10,15H2,1H3. The lowest BCUT2D eigenvalue weighted by Crippen LogP contribution is -2.17. The summed E-state index contributed by atoms with van der Waals surface area (Å²) in [6.07, 6.45) is 6.92. The van der Waals surface area contributed by atoms with Gasteiger partial charge in [0.15, 0.2) is 0 Å². The molecule has 0 bridgehead atoms. The van der Waals surface area contributed by atoms with E-state index in [2.05, 4.69) is 60.0 Å². The van der Waals surface area contributed by atoms with Gasteiger partial charge in [-0.25, -0.2) is 0 Å². The van der Waals surface area contributed by atoms with Crippen molar-refractivity contribution in [2.24, 2.45) is 0 Å². The number of ether oxygens (including phenoxy) is 1. The fraction of sp³-hybridized carbons (Fsp3) is 0.391. The van der Waals surface area contributed by atoms with Crippen molar-refractivity contribution < 1.29 is 4.74 Å². The van der Waals surface area contributed by atoms with E-state index in [-0.39, 0.29) is 6.10 Å². The minimum Gasteiger partial charge on any atom is -0.488 e. The van der Waals surface area contributed by atoms with Crippen LogP contribution < -0.4 is 4.74 Å². The Hall–Kier alpha value is -2.22. The third kappa shape index (κ3) is 2.38. The van der Waals surface area contributed by atoms with E-state index in [1.165, 1.54) is 54.3 Å². The molecule has 0 saturated heterocycles. The van der Waals surface area contributed by atoms with Crippen LogP contribution in [0.5, 0.6) is 5.75 Å². The highest BCUT2D eigenvalue weighted by atomic mass is 16.5. The lowest BCUT2D eigenvalue weighted by molar-refractivity contribution is 0.207. The van der Waals surface area contributed by atoms with Crippen molar-refractivity contribution in [3.8, 4) is 17.0 Å². The highest BCUT2D eigenvalue weighted by molar-refractivity contribution is 5.93. The zero-order valence-corrected chi connectivity index (χ0v) is 14.9. The van der Waals surface area contributed by atoms with Crippen molar-refractivity contribution in [3.05, 3.63) is 54.1 Å². The largest absolute Gasteiger partial charge is 0.488 e. The summed E-state index contributed by atoms with van der Waals surface area (Å²) >= 11 is 0. The molecule has 0 spiro atoms. The van der Waals surface area contributed by atoms with Gasteiger partial charge in [0.25, 0.3) is 0 Å². The van der Waals surface area contributed by atoms with Gasteiger partial charge in [-0.1, -0.05) is 49.6 Å². The van der Waals surface area contributed by atoms with E-state index in [1.54, 1.807) is 5.56 Å². The molecule has 1 saturated carbocycles. The maximum atomic E-state index is 6.27. The monoisotopic (exact) mass is 331 g/mol. The Bertz CT molecular complexity index is 917. The molecule has 1 unspecified atom stereocenters. The number of hydrogen-bond donors (Lipinski definition) is 0. The summed E-state index contributed by atoms with van der Waals surface area (Å²) in [4.78, 5) is 0. The Morgan fingerprint density at radius 2 is 1.68 bits per heavy atom. The Morgan fingerprint density at radius 3 is 2.56 bits per heavy atom. The van der Waals surface area contributed by atoms with Crippen LogP contribution in [0, 0.1) is 0 Å². The molecule has 128 valence electrons. The number of fused-ring (bicyclic) bond motifs is 5. The molecule has 2 aromatic carbocycles. The molecule has 5 rings (SSSR count). The van der Waals surface area contributed by atoms with Gasteiger partial charge in [0, 0.05) is 16.5 Å². The summed E-state index contributed by atoms with van der Waals surface area (Å²) < 4.78 is 8.79. The van der Waals surface area contributed by atoms with E-state index in [1.807, 2.05) is 0 Å². The van der Waals surface area contributed by atoms with Crippen LogP contribution in [-0.2, 0) is 6.54 Å². The van der Waals surface area contributed by atoms with Crippen molar-refractivity contribution in [1.82, 2.24) is 4.57 Å². The molecule has 1 fully saturated rings. The van der Waals surface area contributed by atoms with Gasteiger partial charge < -0.3 is 9.30 Å². The fourth-order valence-electron chi connectivity index (χ4n) is 4.89. The molecule has 2 nitrogen and oxygen atoms in total. The van der Waals surface area contributed by atoms with E-state index in [9.17, 15) is 0 Å². The van der Waals surface area contributed by atoms with Crippen molar-refractivity contribution in [2.75, 3.05) is 0 Å². The van der Waals surface area contributed by atoms with E-state index in [4.69, 9.17) is 4.74 Å². The molecule has 0 N–H and O–H groups in total. The van der Waals surface area contributed by atoms with Crippen molar-refractivity contribution >= 4 is 10.9 Å². The second kappa shape index (κ2) is 5.94. The third-order valence-electron chi connectivity index (χ3n) is 5.93. The van der Waals surface area contributed by atoms with E-state index < -0.39 is 0 Å². The van der Waals surface area contributed by atoms with Crippen LogP contribution in [0.15, 0.2) is 48.5 Å². The Kier molecular flexibility index (Phi) is 3.58. The lowest BCUT2D eigenvalue weighted by Gasteiger charge is -2.23. The number of hydrogen-bond acceptors (Lipinski definition) is 1. The number of para-hydroxylation sites is 2. The van der Waals surface area contributed by atoms with E-state index >= 15 is 0 Å². The minimum atomic E-state index is 0.178. The Labute approximate surface area is 149 Å². The fourth-order valence-corrected chi connectivity index (χ4v) is 4.89. The summed E-state index contributed by atoms with van der Waals surface area (Å²) in [6.45, 7) is 3.10. The van der Waals surface area contributed by atoms with Gasteiger partial charge in [-0.05, 0) is 49.4 Å². The van der Waals surface area contributed by atoms with Crippen LogP contribution in [0.4, 0.5) is 0 Å². The summed E-state index contributed by atoms with van der Waals surface area (Å²) in [5.74, 6) is 1.71.